The second kappa shape index (κ2) is 5.23. The summed E-state index contributed by atoms with van der Waals surface area (Å²) < 4.78 is 28.2. The second-order valence-electron chi connectivity index (χ2n) is 4.09. The third-order valence-electron chi connectivity index (χ3n) is 2.68. The van der Waals surface area contributed by atoms with Gasteiger partial charge in [0.2, 0.25) is 0 Å². The van der Waals surface area contributed by atoms with Gasteiger partial charge >= 0.3 is 0 Å². The second-order valence-corrected chi connectivity index (χ2v) is 4.09. The molecule has 100 valence electrons. The summed E-state index contributed by atoms with van der Waals surface area (Å²) in [5.74, 6) is -2.72. The Morgan fingerprint density at radius 2 is 2.11 bits per heavy atom. The number of hydrogen-bond acceptors (Lipinski definition) is 4. The summed E-state index contributed by atoms with van der Waals surface area (Å²) in [7, 11) is 0. The van der Waals surface area contributed by atoms with E-state index >= 15 is 0 Å². The van der Waals surface area contributed by atoms with Crippen LogP contribution in [-0.4, -0.2) is 20.8 Å². The fraction of sp³-hybridized carbons (Fsp3) is 0.250. The number of nitrogens with zero attached hydrogens (tertiary/aromatic N) is 3. The average Bonchev–Trinajstić information content (AvgIpc) is 2.83. The first-order valence-corrected chi connectivity index (χ1v) is 5.59. The molecule has 1 heterocycles. The lowest BCUT2D eigenvalue weighted by atomic mass is 10.1. The number of halogens is 2. The molecule has 19 heavy (non-hydrogen) atoms. The van der Waals surface area contributed by atoms with Crippen LogP contribution in [0, 0.1) is 18.6 Å². The Morgan fingerprint density at radius 1 is 1.37 bits per heavy atom. The van der Waals surface area contributed by atoms with Crippen LogP contribution in [0.5, 0.6) is 0 Å². The summed E-state index contributed by atoms with van der Waals surface area (Å²) in [6.45, 7) is 1.41. The van der Waals surface area contributed by atoms with Gasteiger partial charge in [0.25, 0.3) is 0 Å². The summed E-state index contributed by atoms with van der Waals surface area (Å²) in [5.41, 5.74) is 5.73. The number of Topliss-reactive ketones (excluding diaryl/α,β-unsaturated/α-hetero) is 1. The minimum atomic E-state index is -1.14. The van der Waals surface area contributed by atoms with Gasteiger partial charge in [-0.3, -0.25) is 4.79 Å². The van der Waals surface area contributed by atoms with Gasteiger partial charge in [-0.15, -0.1) is 5.10 Å². The predicted molar refractivity (Wildman–Crippen MR) is 63.3 cm³/mol. The largest absolute Gasteiger partial charge is 0.325 e. The molecular formula is C12H12F2N4O. The molecule has 1 aromatic heterocycles. The highest BCUT2D eigenvalue weighted by Gasteiger charge is 2.17. The highest BCUT2D eigenvalue weighted by molar-refractivity contribution is 5.96. The molecule has 0 bridgehead atoms. The van der Waals surface area contributed by atoms with Crippen LogP contribution in [0.25, 0.3) is 0 Å². The minimum Gasteiger partial charge on any atom is -0.325 e. The van der Waals surface area contributed by atoms with Crippen LogP contribution < -0.4 is 5.73 Å². The Labute approximate surface area is 108 Å². The van der Waals surface area contributed by atoms with Crippen LogP contribution in [0.1, 0.15) is 21.6 Å². The number of ketones is 1. The molecule has 0 saturated carbocycles. The van der Waals surface area contributed by atoms with Crippen molar-refractivity contribution in [3.05, 3.63) is 46.8 Å². The van der Waals surface area contributed by atoms with Crippen molar-refractivity contribution in [3.63, 3.8) is 0 Å². The third-order valence-corrected chi connectivity index (χ3v) is 2.68. The van der Waals surface area contributed by atoms with Gasteiger partial charge in [-0.1, -0.05) is 11.3 Å². The van der Waals surface area contributed by atoms with E-state index in [-0.39, 0.29) is 24.2 Å². The van der Waals surface area contributed by atoms with E-state index in [2.05, 4.69) is 10.3 Å². The van der Waals surface area contributed by atoms with Crippen LogP contribution >= 0.6 is 0 Å². The Morgan fingerprint density at radius 3 is 2.74 bits per heavy atom. The molecule has 0 unspecified atom stereocenters. The van der Waals surface area contributed by atoms with Crippen molar-refractivity contribution in [1.29, 1.82) is 0 Å². The molecule has 0 saturated heterocycles. The molecule has 0 spiro atoms. The topological polar surface area (TPSA) is 73.8 Å². The van der Waals surface area contributed by atoms with Gasteiger partial charge in [-0.2, -0.15) is 0 Å². The number of hydrogen-bond donors (Lipinski definition) is 1. The summed E-state index contributed by atoms with van der Waals surface area (Å²) in [6, 6.07) is 2.62. The zero-order valence-corrected chi connectivity index (χ0v) is 10.2. The molecule has 2 rings (SSSR count). The van der Waals surface area contributed by atoms with Crippen LogP contribution in [0.15, 0.2) is 18.3 Å². The highest BCUT2D eigenvalue weighted by Crippen LogP contribution is 2.16. The van der Waals surface area contributed by atoms with Crippen molar-refractivity contribution < 1.29 is 13.6 Å². The van der Waals surface area contributed by atoms with Gasteiger partial charge in [-0.05, 0) is 18.6 Å². The molecule has 0 aliphatic carbocycles. The SMILES string of the molecule is Cc1ccc(C(=O)Cn2cc(CN)nn2)c(F)c1F. The van der Waals surface area contributed by atoms with E-state index in [1.165, 1.54) is 29.9 Å². The van der Waals surface area contributed by atoms with Crippen molar-refractivity contribution in [3.8, 4) is 0 Å². The molecule has 0 amide bonds. The molecule has 1 aromatic carbocycles. The van der Waals surface area contributed by atoms with E-state index < -0.39 is 17.4 Å². The van der Waals surface area contributed by atoms with Gasteiger partial charge in [0.1, 0.15) is 6.54 Å². The fourth-order valence-electron chi connectivity index (χ4n) is 1.60. The Balaban J connectivity index is 2.23. The maximum Gasteiger partial charge on any atom is 0.187 e. The van der Waals surface area contributed by atoms with Crippen LogP contribution in [0.4, 0.5) is 8.78 Å². The molecule has 2 N–H and O–H groups in total. The molecule has 0 aliphatic heterocycles. The highest BCUT2D eigenvalue weighted by atomic mass is 19.2. The smallest absolute Gasteiger partial charge is 0.187 e. The fourth-order valence-corrected chi connectivity index (χ4v) is 1.60. The third kappa shape index (κ3) is 2.65. The molecule has 7 heteroatoms. The van der Waals surface area contributed by atoms with Crippen LogP contribution in [0.3, 0.4) is 0 Å². The van der Waals surface area contributed by atoms with Gasteiger partial charge in [0.05, 0.1) is 17.5 Å². The van der Waals surface area contributed by atoms with Crippen LogP contribution in [0.2, 0.25) is 0 Å². The summed E-state index contributed by atoms with van der Waals surface area (Å²) in [4.78, 5) is 11.9. The van der Waals surface area contributed by atoms with E-state index in [1.54, 1.807) is 0 Å². The molecule has 0 fully saturated rings. The molecule has 0 aliphatic rings. The van der Waals surface area contributed by atoms with Crippen molar-refractivity contribution in [2.24, 2.45) is 5.73 Å². The number of aromatic nitrogens is 3. The monoisotopic (exact) mass is 266 g/mol. The van der Waals surface area contributed by atoms with Gasteiger partial charge < -0.3 is 5.73 Å². The maximum absolute atomic E-state index is 13.6. The number of nitrogens with two attached hydrogens (primary N) is 1. The summed E-state index contributed by atoms with van der Waals surface area (Å²) in [6.07, 6.45) is 1.49. The van der Waals surface area contributed by atoms with Crippen LogP contribution in [-0.2, 0) is 13.1 Å². The molecule has 0 atom stereocenters. The van der Waals surface area contributed by atoms with Gasteiger partial charge in [0.15, 0.2) is 17.4 Å². The van der Waals surface area contributed by atoms with E-state index in [9.17, 15) is 13.6 Å². The lowest BCUT2D eigenvalue weighted by molar-refractivity contribution is 0.0962. The first kappa shape index (κ1) is 13.3. The molecule has 2 aromatic rings. The Bertz CT molecular complexity index is 624. The first-order chi connectivity index (χ1) is 9.02. The normalized spacial score (nSPS) is 10.7. The summed E-state index contributed by atoms with van der Waals surface area (Å²) in [5, 5.41) is 7.38. The first-order valence-electron chi connectivity index (χ1n) is 5.59. The van der Waals surface area contributed by atoms with Crippen molar-refractivity contribution in [1.82, 2.24) is 15.0 Å². The van der Waals surface area contributed by atoms with Gasteiger partial charge in [-0.25, -0.2) is 13.5 Å². The van der Waals surface area contributed by atoms with Crippen molar-refractivity contribution in [2.75, 3.05) is 0 Å². The quantitative estimate of drug-likeness (QED) is 0.844. The van der Waals surface area contributed by atoms with Crippen molar-refractivity contribution >= 4 is 5.78 Å². The van der Waals surface area contributed by atoms with E-state index in [0.717, 1.165) is 0 Å². The van der Waals surface area contributed by atoms with Crippen molar-refractivity contribution in [2.45, 2.75) is 20.0 Å². The van der Waals surface area contributed by atoms with E-state index in [1.807, 2.05) is 0 Å². The zero-order valence-electron chi connectivity index (χ0n) is 10.2. The molecular weight excluding hydrogens is 254 g/mol. The molecule has 0 radical (unpaired) electrons. The van der Waals surface area contributed by atoms with Gasteiger partial charge in [0, 0.05) is 6.54 Å². The average molecular weight is 266 g/mol. The lowest BCUT2D eigenvalue weighted by Gasteiger charge is -2.05. The maximum atomic E-state index is 13.6. The number of benzene rings is 1. The number of aryl methyl sites for hydroxylation is 1. The lowest BCUT2D eigenvalue weighted by Crippen LogP contribution is -2.13. The number of rotatable bonds is 4. The number of carbonyl (C=O) groups is 1. The minimum absolute atomic E-state index is 0.153. The Hall–Kier alpha value is -2.15. The summed E-state index contributed by atoms with van der Waals surface area (Å²) >= 11 is 0. The standard InChI is InChI=1S/C12H12F2N4O/c1-7-2-3-9(12(14)11(7)13)10(19)6-18-5-8(4-15)16-17-18/h2-3,5H,4,6,15H2,1H3. The zero-order chi connectivity index (χ0) is 14.0. The molecule has 5 nitrogen and oxygen atoms in total. The number of carbonyl (C=O) groups excluding carboxylic acids is 1. The van der Waals surface area contributed by atoms with E-state index in [0.29, 0.717) is 5.69 Å². The Kier molecular flexibility index (Phi) is 3.66. The predicted octanol–water partition coefficient (Wildman–Crippen LogP) is 1.21. The van der Waals surface area contributed by atoms with E-state index in [4.69, 9.17) is 5.73 Å².